The monoisotopic (exact) mass is 182 g/mol. The van der Waals surface area contributed by atoms with E-state index in [2.05, 4.69) is 9.97 Å². The van der Waals surface area contributed by atoms with Crippen molar-refractivity contribution in [3.05, 3.63) is 18.0 Å². The number of aromatic nitrogens is 2. The molecular formula is C9H14N2O2. The van der Waals surface area contributed by atoms with Gasteiger partial charge in [0.25, 0.3) is 0 Å². The van der Waals surface area contributed by atoms with Crippen LogP contribution >= 0.6 is 0 Å². The van der Waals surface area contributed by atoms with Crippen molar-refractivity contribution in [1.82, 2.24) is 9.97 Å². The first-order valence-corrected chi connectivity index (χ1v) is 4.33. The number of aryl methyl sites for hydroxylation is 1. The van der Waals surface area contributed by atoms with E-state index in [9.17, 15) is 0 Å². The molecule has 0 aromatic carbocycles. The number of rotatable bonds is 5. The molecule has 0 atom stereocenters. The van der Waals surface area contributed by atoms with E-state index in [1.807, 2.05) is 19.9 Å². The molecule has 0 aliphatic heterocycles. The Hall–Kier alpha value is -1.16. The summed E-state index contributed by atoms with van der Waals surface area (Å²) in [4.78, 5) is 8.03. The quantitative estimate of drug-likeness (QED) is 0.642. The maximum Gasteiger partial charge on any atom is 0.316 e. The SMILES string of the molecule is CCOCCOc1nccc(C)n1. The summed E-state index contributed by atoms with van der Waals surface area (Å²) in [7, 11) is 0. The molecule has 13 heavy (non-hydrogen) atoms. The third-order valence-electron chi connectivity index (χ3n) is 1.44. The number of hydrogen-bond acceptors (Lipinski definition) is 4. The molecule has 0 amide bonds. The summed E-state index contributed by atoms with van der Waals surface area (Å²) in [6.45, 7) is 5.63. The lowest BCUT2D eigenvalue weighted by Crippen LogP contribution is -2.08. The molecule has 0 bridgehead atoms. The fourth-order valence-electron chi connectivity index (χ4n) is 0.832. The van der Waals surface area contributed by atoms with E-state index in [1.165, 1.54) is 0 Å². The van der Waals surface area contributed by atoms with E-state index in [1.54, 1.807) is 6.20 Å². The molecule has 0 saturated heterocycles. The zero-order valence-electron chi connectivity index (χ0n) is 7.99. The fourth-order valence-corrected chi connectivity index (χ4v) is 0.832. The Kier molecular flexibility index (Phi) is 4.18. The Morgan fingerprint density at radius 1 is 1.38 bits per heavy atom. The topological polar surface area (TPSA) is 44.2 Å². The Morgan fingerprint density at radius 2 is 2.23 bits per heavy atom. The predicted octanol–water partition coefficient (Wildman–Crippen LogP) is 1.20. The van der Waals surface area contributed by atoms with E-state index in [4.69, 9.17) is 9.47 Å². The highest BCUT2D eigenvalue weighted by Crippen LogP contribution is 2.00. The minimum atomic E-state index is 0.416. The fraction of sp³-hybridized carbons (Fsp3) is 0.556. The van der Waals surface area contributed by atoms with Gasteiger partial charge in [-0.3, -0.25) is 0 Å². The van der Waals surface area contributed by atoms with E-state index in [-0.39, 0.29) is 0 Å². The van der Waals surface area contributed by atoms with Crippen LogP contribution in [0.5, 0.6) is 6.01 Å². The molecule has 4 nitrogen and oxygen atoms in total. The summed E-state index contributed by atoms with van der Waals surface area (Å²) in [5.41, 5.74) is 0.904. The molecule has 0 aliphatic carbocycles. The van der Waals surface area contributed by atoms with Crippen LogP contribution in [0.15, 0.2) is 12.3 Å². The van der Waals surface area contributed by atoms with Crippen molar-refractivity contribution in [2.75, 3.05) is 19.8 Å². The molecule has 0 N–H and O–H groups in total. The number of nitrogens with zero attached hydrogens (tertiary/aromatic N) is 2. The summed E-state index contributed by atoms with van der Waals surface area (Å²) in [5, 5.41) is 0. The minimum Gasteiger partial charge on any atom is -0.461 e. The van der Waals surface area contributed by atoms with Gasteiger partial charge in [-0.15, -0.1) is 0 Å². The third-order valence-corrected chi connectivity index (χ3v) is 1.44. The third kappa shape index (κ3) is 3.85. The molecule has 0 unspecified atom stereocenters. The highest BCUT2D eigenvalue weighted by molar-refractivity contribution is 5.02. The van der Waals surface area contributed by atoms with Crippen molar-refractivity contribution in [2.45, 2.75) is 13.8 Å². The molecular weight excluding hydrogens is 168 g/mol. The zero-order chi connectivity index (χ0) is 9.52. The average Bonchev–Trinajstić information content (AvgIpc) is 2.13. The first-order valence-electron chi connectivity index (χ1n) is 4.33. The standard InChI is InChI=1S/C9H14N2O2/c1-3-12-6-7-13-9-10-5-4-8(2)11-9/h4-5H,3,6-7H2,1-2H3. The highest BCUT2D eigenvalue weighted by atomic mass is 16.5. The second-order valence-electron chi connectivity index (χ2n) is 2.53. The van der Waals surface area contributed by atoms with Crippen LogP contribution in [-0.2, 0) is 4.74 Å². The summed E-state index contributed by atoms with van der Waals surface area (Å²) in [6.07, 6.45) is 1.68. The van der Waals surface area contributed by atoms with Crippen molar-refractivity contribution in [2.24, 2.45) is 0 Å². The molecule has 0 aliphatic rings. The van der Waals surface area contributed by atoms with E-state index < -0.39 is 0 Å². The van der Waals surface area contributed by atoms with Gasteiger partial charge in [-0.05, 0) is 19.9 Å². The van der Waals surface area contributed by atoms with Crippen molar-refractivity contribution in [3.8, 4) is 6.01 Å². The molecule has 1 rings (SSSR count). The van der Waals surface area contributed by atoms with Gasteiger partial charge in [0.1, 0.15) is 6.61 Å². The Morgan fingerprint density at radius 3 is 2.92 bits per heavy atom. The van der Waals surface area contributed by atoms with Gasteiger partial charge in [0, 0.05) is 18.5 Å². The maximum atomic E-state index is 5.24. The summed E-state index contributed by atoms with van der Waals surface area (Å²) in [6, 6.07) is 2.25. The molecule has 0 spiro atoms. The molecule has 0 radical (unpaired) electrons. The van der Waals surface area contributed by atoms with E-state index in [0.29, 0.717) is 25.8 Å². The molecule has 4 heteroatoms. The summed E-state index contributed by atoms with van der Waals surface area (Å²) < 4.78 is 10.3. The van der Waals surface area contributed by atoms with Crippen LogP contribution in [0.3, 0.4) is 0 Å². The Bertz CT molecular complexity index is 253. The molecule has 0 saturated carbocycles. The van der Waals surface area contributed by atoms with Crippen LogP contribution in [0.4, 0.5) is 0 Å². The molecule has 72 valence electrons. The van der Waals surface area contributed by atoms with Crippen LogP contribution < -0.4 is 4.74 Å². The van der Waals surface area contributed by atoms with Crippen molar-refractivity contribution >= 4 is 0 Å². The minimum absolute atomic E-state index is 0.416. The van der Waals surface area contributed by atoms with Gasteiger partial charge in [0.15, 0.2) is 0 Å². The van der Waals surface area contributed by atoms with Gasteiger partial charge in [-0.2, -0.15) is 0 Å². The average molecular weight is 182 g/mol. The predicted molar refractivity (Wildman–Crippen MR) is 48.8 cm³/mol. The van der Waals surface area contributed by atoms with Gasteiger partial charge < -0.3 is 9.47 Å². The van der Waals surface area contributed by atoms with Gasteiger partial charge in [0.05, 0.1) is 6.61 Å². The molecule has 1 heterocycles. The normalized spacial score (nSPS) is 10.0. The van der Waals surface area contributed by atoms with Crippen molar-refractivity contribution in [1.29, 1.82) is 0 Å². The first kappa shape index (κ1) is 9.92. The van der Waals surface area contributed by atoms with Gasteiger partial charge in [-0.25, -0.2) is 9.97 Å². The van der Waals surface area contributed by atoms with Gasteiger partial charge >= 0.3 is 6.01 Å². The lowest BCUT2D eigenvalue weighted by molar-refractivity contribution is 0.106. The van der Waals surface area contributed by atoms with Crippen LogP contribution in [0.25, 0.3) is 0 Å². The van der Waals surface area contributed by atoms with Gasteiger partial charge in [-0.1, -0.05) is 0 Å². The molecule has 1 aromatic heterocycles. The van der Waals surface area contributed by atoms with Crippen molar-refractivity contribution < 1.29 is 9.47 Å². The first-order chi connectivity index (χ1) is 6.33. The molecule has 1 aromatic rings. The van der Waals surface area contributed by atoms with Crippen LogP contribution in [0, 0.1) is 6.92 Å². The lowest BCUT2D eigenvalue weighted by atomic mass is 10.5. The van der Waals surface area contributed by atoms with E-state index >= 15 is 0 Å². The second-order valence-corrected chi connectivity index (χ2v) is 2.53. The zero-order valence-corrected chi connectivity index (χ0v) is 7.99. The van der Waals surface area contributed by atoms with Crippen LogP contribution in [0.1, 0.15) is 12.6 Å². The number of ether oxygens (including phenoxy) is 2. The van der Waals surface area contributed by atoms with Crippen molar-refractivity contribution in [3.63, 3.8) is 0 Å². The lowest BCUT2D eigenvalue weighted by Gasteiger charge is -2.03. The smallest absolute Gasteiger partial charge is 0.316 e. The largest absolute Gasteiger partial charge is 0.461 e. The molecule has 0 fully saturated rings. The summed E-state index contributed by atoms with van der Waals surface area (Å²) >= 11 is 0. The van der Waals surface area contributed by atoms with Crippen LogP contribution in [-0.4, -0.2) is 29.8 Å². The highest BCUT2D eigenvalue weighted by Gasteiger charge is 1.95. The van der Waals surface area contributed by atoms with Gasteiger partial charge in [0.2, 0.25) is 0 Å². The van der Waals surface area contributed by atoms with Crippen LogP contribution in [0.2, 0.25) is 0 Å². The summed E-state index contributed by atoms with van der Waals surface area (Å²) in [5.74, 6) is 0. The van der Waals surface area contributed by atoms with E-state index in [0.717, 1.165) is 5.69 Å². The maximum absolute atomic E-state index is 5.24. The second kappa shape index (κ2) is 5.48. The Labute approximate surface area is 77.9 Å². The number of hydrogen-bond donors (Lipinski definition) is 0. The Balaban J connectivity index is 2.28.